The van der Waals surface area contributed by atoms with Gasteiger partial charge < -0.3 is 29.6 Å². The number of benzene rings is 3. The van der Waals surface area contributed by atoms with E-state index in [4.69, 9.17) is 18.9 Å². The third kappa shape index (κ3) is 11.0. The lowest BCUT2D eigenvalue weighted by atomic mass is 9.89. The number of hydrogen-bond acceptors (Lipinski definition) is 9. The Morgan fingerprint density at radius 3 is 2.06 bits per heavy atom. The SMILES string of the molecule is COc1ccc(C[C@H](CC(=O)[C@H](COCc2ccccc2)NC(=O)CN2CCOCC2)C(=O)N[C@@H](Cc2ccccc2)C(=O)[C@@]2(C)CO2)cc1. The topological polar surface area (TPSA) is 136 Å². The monoisotopic (exact) mass is 685 g/mol. The quantitative estimate of drug-likeness (QED) is 0.183. The van der Waals surface area contributed by atoms with Crippen LogP contribution in [0.25, 0.3) is 0 Å². The maximum absolute atomic E-state index is 14.1. The molecule has 2 N–H and O–H groups in total. The minimum atomic E-state index is -0.987. The minimum Gasteiger partial charge on any atom is -0.497 e. The number of Topliss-reactive ketones (excluding diaryl/α,β-unsaturated/α-hetero) is 2. The highest BCUT2D eigenvalue weighted by atomic mass is 16.6. The van der Waals surface area contributed by atoms with Gasteiger partial charge in [-0.05, 0) is 48.6 Å². The number of nitrogens with one attached hydrogen (secondary N) is 2. The van der Waals surface area contributed by atoms with Gasteiger partial charge in [-0.15, -0.1) is 0 Å². The second kappa shape index (κ2) is 18.0. The number of carbonyl (C=O) groups excluding carboxylic acids is 4. The molecule has 0 aromatic heterocycles. The van der Waals surface area contributed by atoms with Gasteiger partial charge in [-0.2, -0.15) is 0 Å². The van der Waals surface area contributed by atoms with Crippen molar-refractivity contribution in [3.05, 3.63) is 102 Å². The highest BCUT2D eigenvalue weighted by Gasteiger charge is 2.50. The van der Waals surface area contributed by atoms with E-state index in [2.05, 4.69) is 10.6 Å². The fourth-order valence-electron chi connectivity index (χ4n) is 5.94. The van der Waals surface area contributed by atoms with Crippen LogP contribution in [0.1, 0.15) is 30.0 Å². The summed E-state index contributed by atoms with van der Waals surface area (Å²) in [5.74, 6) is -1.48. The Morgan fingerprint density at radius 2 is 1.44 bits per heavy atom. The first kappa shape index (κ1) is 36.9. The fourth-order valence-corrected chi connectivity index (χ4v) is 5.94. The van der Waals surface area contributed by atoms with Crippen molar-refractivity contribution in [3.63, 3.8) is 0 Å². The van der Waals surface area contributed by atoms with Gasteiger partial charge in [0.25, 0.3) is 0 Å². The van der Waals surface area contributed by atoms with Crippen LogP contribution in [0.15, 0.2) is 84.9 Å². The molecule has 2 fully saturated rings. The Bertz CT molecular complexity index is 1560. The van der Waals surface area contributed by atoms with Crippen LogP contribution in [0.2, 0.25) is 0 Å². The molecule has 3 aromatic rings. The molecule has 2 aliphatic heterocycles. The van der Waals surface area contributed by atoms with Crippen molar-refractivity contribution >= 4 is 23.4 Å². The predicted molar refractivity (Wildman–Crippen MR) is 187 cm³/mol. The summed E-state index contributed by atoms with van der Waals surface area (Å²) in [6.07, 6.45) is 0.317. The molecule has 0 saturated carbocycles. The highest BCUT2D eigenvalue weighted by molar-refractivity contribution is 5.98. The van der Waals surface area contributed by atoms with Gasteiger partial charge in [-0.25, -0.2) is 0 Å². The Labute approximate surface area is 293 Å². The molecule has 2 saturated heterocycles. The fraction of sp³-hybridized carbons (Fsp3) is 0.436. The second-order valence-electron chi connectivity index (χ2n) is 13.1. The summed E-state index contributed by atoms with van der Waals surface area (Å²) in [4.78, 5) is 57.0. The van der Waals surface area contributed by atoms with Crippen molar-refractivity contribution in [1.29, 1.82) is 0 Å². The van der Waals surface area contributed by atoms with Crippen LogP contribution in [0, 0.1) is 5.92 Å². The number of hydrogen-bond donors (Lipinski definition) is 2. The number of epoxide rings is 1. The van der Waals surface area contributed by atoms with E-state index >= 15 is 0 Å². The normalized spacial score (nSPS) is 19.1. The van der Waals surface area contributed by atoms with Crippen LogP contribution < -0.4 is 15.4 Å². The molecular formula is C39H47N3O8. The number of methoxy groups -OCH3 is 1. The molecule has 0 radical (unpaired) electrons. The first-order valence-corrected chi connectivity index (χ1v) is 17.1. The average molecular weight is 686 g/mol. The first-order valence-electron chi connectivity index (χ1n) is 17.1. The Morgan fingerprint density at radius 1 is 0.820 bits per heavy atom. The predicted octanol–water partition coefficient (Wildman–Crippen LogP) is 2.93. The summed E-state index contributed by atoms with van der Waals surface area (Å²) in [5.41, 5.74) is 1.67. The van der Waals surface area contributed by atoms with E-state index < -0.39 is 29.5 Å². The van der Waals surface area contributed by atoms with E-state index in [0.29, 0.717) is 32.1 Å². The summed E-state index contributed by atoms with van der Waals surface area (Å²) >= 11 is 0. The largest absolute Gasteiger partial charge is 0.497 e. The molecule has 5 rings (SSSR count). The van der Waals surface area contributed by atoms with Crippen LogP contribution in [0.3, 0.4) is 0 Å². The van der Waals surface area contributed by atoms with Gasteiger partial charge in [0.2, 0.25) is 11.8 Å². The van der Waals surface area contributed by atoms with Gasteiger partial charge in [0.15, 0.2) is 11.6 Å². The molecule has 2 amide bonds. The summed E-state index contributed by atoms with van der Waals surface area (Å²) < 4.78 is 22.1. The van der Waals surface area contributed by atoms with E-state index in [1.165, 1.54) is 0 Å². The molecule has 266 valence electrons. The number of rotatable bonds is 19. The van der Waals surface area contributed by atoms with E-state index in [-0.39, 0.29) is 63.1 Å². The molecule has 2 heterocycles. The number of nitrogens with zero attached hydrogens (tertiary/aromatic N) is 1. The molecular weight excluding hydrogens is 638 g/mol. The van der Waals surface area contributed by atoms with Crippen LogP contribution >= 0.6 is 0 Å². The van der Waals surface area contributed by atoms with Gasteiger partial charge in [-0.1, -0.05) is 72.8 Å². The van der Waals surface area contributed by atoms with Crippen molar-refractivity contribution in [3.8, 4) is 5.75 Å². The lowest BCUT2D eigenvalue weighted by Crippen LogP contribution is -2.51. The molecule has 2 aliphatic rings. The Kier molecular flexibility index (Phi) is 13.3. The van der Waals surface area contributed by atoms with Gasteiger partial charge in [0, 0.05) is 25.4 Å². The summed E-state index contributed by atoms with van der Waals surface area (Å²) in [7, 11) is 1.57. The number of morpholine rings is 1. The second-order valence-corrected chi connectivity index (χ2v) is 13.1. The number of ketones is 2. The molecule has 0 bridgehead atoms. The summed E-state index contributed by atoms with van der Waals surface area (Å²) in [6, 6.07) is 24.5. The lowest BCUT2D eigenvalue weighted by Gasteiger charge is -2.27. The van der Waals surface area contributed by atoms with E-state index in [9.17, 15) is 19.2 Å². The van der Waals surface area contributed by atoms with Gasteiger partial charge >= 0.3 is 0 Å². The molecule has 0 aliphatic carbocycles. The van der Waals surface area contributed by atoms with Crippen LogP contribution in [-0.4, -0.2) is 99.1 Å². The smallest absolute Gasteiger partial charge is 0.234 e. The molecule has 0 spiro atoms. The molecule has 0 unspecified atom stereocenters. The van der Waals surface area contributed by atoms with Crippen LogP contribution in [0.5, 0.6) is 5.75 Å². The maximum atomic E-state index is 14.1. The average Bonchev–Trinajstić information content (AvgIpc) is 3.90. The first-order chi connectivity index (χ1) is 24.2. The zero-order valence-electron chi connectivity index (χ0n) is 28.8. The Balaban J connectivity index is 1.34. The standard InChI is InChI=1S/C39H47N3O8/c1-39(27-50-39)37(45)33(22-28-9-5-3-6-10-28)41-38(46)31(21-29-13-15-32(47-2)16-14-29)23-35(43)34(26-49-25-30-11-7-4-8-12-30)40-36(44)24-42-17-19-48-20-18-42/h3-16,31,33-34H,17-27H2,1-2H3,(H,40,44)(H,41,46)/t31-,33+,34+,39-/m1/s1. The number of ether oxygens (including phenoxy) is 4. The van der Waals surface area contributed by atoms with Crippen molar-refractivity contribution in [2.24, 2.45) is 5.92 Å². The zero-order valence-corrected chi connectivity index (χ0v) is 28.8. The van der Waals surface area contributed by atoms with E-state index in [1.54, 1.807) is 26.2 Å². The molecule has 11 heteroatoms. The number of amides is 2. The minimum absolute atomic E-state index is 0.0652. The maximum Gasteiger partial charge on any atom is 0.234 e. The third-order valence-corrected chi connectivity index (χ3v) is 9.06. The summed E-state index contributed by atoms with van der Waals surface area (Å²) in [5, 5.41) is 5.85. The van der Waals surface area contributed by atoms with Crippen LogP contribution in [0.4, 0.5) is 0 Å². The van der Waals surface area contributed by atoms with Gasteiger partial charge in [0.05, 0.1) is 52.7 Å². The van der Waals surface area contributed by atoms with E-state index in [1.807, 2.05) is 77.7 Å². The molecule has 11 nitrogen and oxygen atoms in total. The zero-order chi connectivity index (χ0) is 35.3. The molecule has 4 atom stereocenters. The lowest BCUT2D eigenvalue weighted by molar-refractivity contribution is -0.135. The molecule has 3 aromatic carbocycles. The van der Waals surface area contributed by atoms with Crippen molar-refractivity contribution in [2.75, 3.05) is 53.2 Å². The summed E-state index contributed by atoms with van der Waals surface area (Å²) in [6.45, 7) is 4.63. The van der Waals surface area contributed by atoms with Gasteiger partial charge in [-0.3, -0.25) is 24.1 Å². The van der Waals surface area contributed by atoms with E-state index in [0.717, 1.165) is 16.7 Å². The molecule has 50 heavy (non-hydrogen) atoms. The number of carbonyl (C=O) groups is 4. The van der Waals surface area contributed by atoms with Gasteiger partial charge in [0.1, 0.15) is 17.4 Å². The highest BCUT2D eigenvalue weighted by Crippen LogP contribution is 2.29. The van der Waals surface area contributed by atoms with Crippen molar-refractivity contribution in [1.82, 2.24) is 15.5 Å². The van der Waals surface area contributed by atoms with Crippen LogP contribution in [-0.2, 0) is 52.8 Å². The van der Waals surface area contributed by atoms with Crippen molar-refractivity contribution in [2.45, 2.75) is 50.5 Å². The Hall–Kier alpha value is -4.42. The van der Waals surface area contributed by atoms with Crippen molar-refractivity contribution < 1.29 is 38.1 Å². The third-order valence-electron chi connectivity index (χ3n) is 9.06.